The molecule has 0 bridgehead atoms. The van der Waals surface area contributed by atoms with Gasteiger partial charge >= 0.3 is 7.82 Å². The van der Waals surface area contributed by atoms with Crippen molar-refractivity contribution in [1.82, 2.24) is 0 Å². The molecule has 0 amide bonds. The van der Waals surface area contributed by atoms with Gasteiger partial charge in [0, 0.05) is 0 Å². The number of hydrogen-bond acceptors (Lipinski definition) is 3. The van der Waals surface area contributed by atoms with Crippen molar-refractivity contribution in [2.24, 2.45) is 5.92 Å². The lowest BCUT2D eigenvalue weighted by Gasteiger charge is -2.20. The fraction of sp³-hybridized carbons (Fsp3) is 1.00. The number of phosphoric acid groups is 1. The molecule has 0 rings (SSSR count). The molecule has 0 heterocycles. The van der Waals surface area contributed by atoms with Crippen LogP contribution in [-0.4, -0.2) is 17.6 Å². The summed E-state index contributed by atoms with van der Waals surface area (Å²) in [5.41, 5.74) is 0. The quantitative estimate of drug-likeness (QED) is 0.0719. The smallest absolute Gasteiger partial charge is 0.302 e. The summed E-state index contributed by atoms with van der Waals surface area (Å²) >= 11 is 0. The number of hydrogen-bond donors (Lipinski definition) is 1. The highest BCUT2D eigenvalue weighted by Gasteiger charge is 2.25. The van der Waals surface area contributed by atoms with E-state index in [0.29, 0.717) is 0 Å². The molecule has 0 fully saturated rings. The van der Waals surface area contributed by atoms with Crippen LogP contribution in [-0.2, 0) is 13.6 Å². The largest absolute Gasteiger partial charge is 0.472 e. The van der Waals surface area contributed by atoms with Gasteiger partial charge in [-0.1, -0.05) is 168 Å². The molecule has 224 valence electrons. The Hall–Kier alpha value is 0.110. The van der Waals surface area contributed by atoms with Crippen molar-refractivity contribution in [1.29, 1.82) is 0 Å². The third kappa shape index (κ3) is 28.9. The van der Waals surface area contributed by atoms with E-state index in [1.54, 1.807) is 6.92 Å². The minimum Gasteiger partial charge on any atom is -0.302 e. The van der Waals surface area contributed by atoms with Gasteiger partial charge in [-0.3, -0.25) is 9.05 Å². The van der Waals surface area contributed by atoms with Gasteiger partial charge in [-0.25, -0.2) is 4.57 Å². The first-order chi connectivity index (χ1) is 17.9. The molecule has 2 unspecified atom stereocenters. The molecule has 0 aliphatic rings. The van der Waals surface area contributed by atoms with Crippen LogP contribution in [0, 0.1) is 5.92 Å². The van der Waals surface area contributed by atoms with Gasteiger partial charge in [-0.05, 0) is 25.7 Å². The van der Waals surface area contributed by atoms with Gasteiger partial charge in [-0.2, -0.15) is 0 Å². The van der Waals surface area contributed by atoms with Crippen LogP contribution in [0.5, 0.6) is 0 Å². The summed E-state index contributed by atoms with van der Waals surface area (Å²) in [5, 5.41) is 0. The normalized spacial score (nSPS) is 14.3. The molecule has 1 N–H and O–H groups in total. The summed E-state index contributed by atoms with van der Waals surface area (Å²) in [6.07, 6.45) is 32.0. The van der Waals surface area contributed by atoms with E-state index < -0.39 is 7.82 Å². The van der Waals surface area contributed by atoms with Gasteiger partial charge in [0.1, 0.15) is 0 Å². The number of unbranched alkanes of at least 4 members (excludes halogenated alkanes) is 20. The summed E-state index contributed by atoms with van der Waals surface area (Å²) in [4.78, 5) is 9.98. The van der Waals surface area contributed by atoms with Crippen LogP contribution in [0.2, 0.25) is 0 Å². The number of rotatable bonds is 30. The van der Waals surface area contributed by atoms with E-state index in [9.17, 15) is 9.46 Å². The minimum atomic E-state index is -3.92. The third-order valence-corrected chi connectivity index (χ3v) is 8.66. The molecule has 37 heavy (non-hydrogen) atoms. The van der Waals surface area contributed by atoms with Crippen LogP contribution in [0.15, 0.2) is 0 Å². The molecule has 0 aliphatic heterocycles. The Morgan fingerprint density at radius 3 is 1.19 bits per heavy atom. The zero-order valence-corrected chi connectivity index (χ0v) is 26.6. The standard InChI is InChI=1S/C32H67O4P/c1-5-7-8-9-10-11-17-20-23-26-29-32(36-37(33,34)35-6-2)30-27-24-21-18-15-13-12-14-16-19-22-25-28-31(3)4/h31-32H,5-30H2,1-4H3,(H,33,34). The zero-order valence-electron chi connectivity index (χ0n) is 25.7. The highest BCUT2D eigenvalue weighted by atomic mass is 31.2. The lowest BCUT2D eigenvalue weighted by Crippen LogP contribution is -2.13. The maximum atomic E-state index is 12.2. The summed E-state index contributed by atoms with van der Waals surface area (Å²) in [6, 6.07) is 0. The lowest BCUT2D eigenvalue weighted by molar-refractivity contribution is 0.0939. The van der Waals surface area contributed by atoms with Crippen molar-refractivity contribution in [2.45, 2.75) is 194 Å². The fourth-order valence-corrected chi connectivity index (χ4v) is 6.16. The van der Waals surface area contributed by atoms with E-state index >= 15 is 0 Å². The van der Waals surface area contributed by atoms with Crippen LogP contribution in [0.25, 0.3) is 0 Å². The molecule has 0 aromatic rings. The fourth-order valence-electron chi connectivity index (χ4n) is 5.18. The second-order valence-electron chi connectivity index (χ2n) is 11.8. The summed E-state index contributed by atoms with van der Waals surface area (Å²) in [5.74, 6) is 0.856. The average molecular weight is 547 g/mol. The van der Waals surface area contributed by atoms with Crippen molar-refractivity contribution in [2.75, 3.05) is 6.61 Å². The van der Waals surface area contributed by atoms with Crippen molar-refractivity contribution in [3.63, 3.8) is 0 Å². The Morgan fingerprint density at radius 2 is 0.865 bits per heavy atom. The first kappa shape index (κ1) is 37.1. The molecule has 0 aliphatic carbocycles. The van der Waals surface area contributed by atoms with Crippen LogP contribution < -0.4 is 0 Å². The van der Waals surface area contributed by atoms with E-state index in [2.05, 4.69) is 20.8 Å². The Balaban J connectivity index is 3.83. The number of phosphoric ester groups is 1. The van der Waals surface area contributed by atoms with Crippen LogP contribution in [0.3, 0.4) is 0 Å². The molecular formula is C32H67O4P. The predicted octanol–water partition coefficient (Wildman–Crippen LogP) is 11.9. The van der Waals surface area contributed by atoms with E-state index in [1.807, 2.05) is 0 Å². The van der Waals surface area contributed by atoms with Gasteiger partial charge in [0.15, 0.2) is 0 Å². The predicted molar refractivity (Wildman–Crippen MR) is 162 cm³/mol. The highest BCUT2D eigenvalue weighted by Crippen LogP contribution is 2.45. The van der Waals surface area contributed by atoms with E-state index in [4.69, 9.17) is 9.05 Å². The molecule has 0 saturated heterocycles. The Kier molecular flexibility index (Phi) is 27.8. The van der Waals surface area contributed by atoms with Crippen molar-refractivity contribution in [3.05, 3.63) is 0 Å². The first-order valence-corrected chi connectivity index (χ1v) is 18.1. The maximum Gasteiger partial charge on any atom is 0.472 e. The molecule has 4 nitrogen and oxygen atoms in total. The van der Waals surface area contributed by atoms with E-state index in [1.165, 1.54) is 135 Å². The Labute approximate surface area is 233 Å². The lowest BCUT2D eigenvalue weighted by atomic mass is 10.0. The Morgan fingerprint density at radius 1 is 0.541 bits per heavy atom. The van der Waals surface area contributed by atoms with Crippen molar-refractivity contribution < 1.29 is 18.5 Å². The monoisotopic (exact) mass is 546 g/mol. The van der Waals surface area contributed by atoms with E-state index in [0.717, 1.165) is 31.6 Å². The molecule has 0 aromatic heterocycles. The van der Waals surface area contributed by atoms with Gasteiger partial charge in [0.25, 0.3) is 0 Å². The van der Waals surface area contributed by atoms with Gasteiger partial charge in [0.05, 0.1) is 12.7 Å². The molecule has 5 heteroatoms. The Bertz CT molecular complexity index is 497. The molecule has 0 saturated carbocycles. The molecule has 0 aromatic carbocycles. The van der Waals surface area contributed by atoms with Crippen molar-refractivity contribution in [3.8, 4) is 0 Å². The minimum absolute atomic E-state index is 0.156. The summed E-state index contributed by atoms with van der Waals surface area (Å²) in [6.45, 7) is 8.84. The SMILES string of the molecule is CCCCCCCCCCCCC(CCCCCCCCCCCCCCC(C)C)OP(=O)(O)OCC. The summed E-state index contributed by atoms with van der Waals surface area (Å²) in [7, 11) is -3.92. The van der Waals surface area contributed by atoms with Gasteiger partial charge in [-0.15, -0.1) is 0 Å². The molecule has 0 spiro atoms. The molecule has 0 radical (unpaired) electrons. The van der Waals surface area contributed by atoms with Crippen molar-refractivity contribution >= 4 is 7.82 Å². The van der Waals surface area contributed by atoms with Crippen LogP contribution in [0.4, 0.5) is 0 Å². The van der Waals surface area contributed by atoms with E-state index in [-0.39, 0.29) is 12.7 Å². The average Bonchev–Trinajstić information content (AvgIpc) is 2.84. The van der Waals surface area contributed by atoms with Gasteiger partial charge < -0.3 is 4.89 Å². The maximum absolute atomic E-state index is 12.2. The zero-order chi connectivity index (χ0) is 27.5. The highest BCUT2D eigenvalue weighted by molar-refractivity contribution is 7.47. The topological polar surface area (TPSA) is 55.8 Å². The van der Waals surface area contributed by atoms with Gasteiger partial charge in [0.2, 0.25) is 0 Å². The second-order valence-corrected chi connectivity index (χ2v) is 13.2. The van der Waals surface area contributed by atoms with Crippen LogP contribution >= 0.6 is 7.82 Å². The first-order valence-electron chi connectivity index (χ1n) is 16.6. The second kappa shape index (κ2) is 27.7. The molecule has 2 atom stereocenters. The summed E-state index contributed by atoms with van der Waals surface area (Å²) < 4.78 is 22.7. The molecular weight excluding hydrogens is 479 g/mol. The third-order valence-electron chi connectivity index (χ3n) is 7.51. The van der Waals surface area contributed by atoms with Crippen LogP contribution in [0.1, 0.15) is 188 Å².